The number of carbonyl (C=O) groups excluding carboxylic acids is 1. The summed E-state index contributed by atoms with van der Waals surface area (Å²) in [7, 11) is 0. The maximum Gasteiger partial charge on any atom is 0.246 e. The van der Waals surface area contributed by atoms with E-state index in [9.17, 15) is 4.79 Å². The second kappa shape index (κ2) is 4.79. The maximum atomic E-state index is 10.9. The molecule has 10 heavy (non-hydrogen) atoms. The van der Waals surface area contributed by atoms with Crippen molar-refractivity contribution in [3.63, 3.8) is 0 Å². The number of allylic oxidation sites excluding steroid dienone is 1. The number of hydrogen-bond donors (Lipinski definition) is 1. The highest BCUT2D eigenvalue weighted by atomic mass is 16.1. The molecule has 1 amide bonds. The van der Waals surface area contributed by atoms with Crippen LogP contribution in [0.1, 0.15) is 13.3 Å². The highest BCUT2D eigenvalue weighted by Gasteiger charge is 2.00. The molecule has 0 radical (unpaired) electrons. The van der Waals surface area contributed by atoms with E-state index < -0.39 is 0 Å². The average molecular weight is 139 g/mol. The van der Waals surface area contributed by atoms with Crippen LogP contribution in [0.3, 0.4) is 0 Å². The molecule has 0 bridgehead atoms. The average Bonchev–Trinajstić information content (AvgIpc) is 1.89. The molecule has 2 nitrogen and oxygen atoms in total. The Morgan fingerprint density at radius 1 is 1.70 bits per heavy atom. The first kappa shape index (κ1) is 8.95. The van der Waals surface area contributed by atoms with E-state index in [-0.39, 0.29) is 5.91 Å². The molecule has 0 atom stereocenters. The van der Waals surface area contributed by atoms with Crippen molar-refractivity contribution in [1.29, 1.82) is 0 Å². The van der Waals surface area contributed by atoms with Gasteiger partial charge >= 0.3 is 0 Å². The highest BCUT2D eigenvalue weighted by Crippen LogP contribution is 1.96. The zero-order valence-corrected chi connectivity index (χ0v) is 6.31. The van der Waals surface area contributed by atoms with Crippen LogP contribution in [0.5, 0.6) is 0 Å². The summed E-state index contributed by atoms with van der Waals surface area (Å²) < 4.78 is 0. The third-order valence-electron chi connectivity index (χ3n) is 1.05. The van der Waals surface area contributed by atoms with Gasteiger partial charge in [-0.3, -0.25) is 4.79 Å². The predicted octanol–water partition coefficient (Wildman–Crippen LogP) is 1.25. The van der Waals surface area contributed by atoms with Crippen LogP contribution in [0.2, 0.25) is 0 Å². The first-order valence-electron chi connectivity index (χ1n) is 3.29. The second-order valence-electron chi connectivity index (χ2n) is 1.96. The van der Waals surface area contributed by atoms with Crippen molar-refractivity contribution in [2.45, 2.75) is 13.3 Å². The molecule has 0 aliphatic heterocycles. The Morgan fingerprint density at radius 3 is 2.70 bits per heavy atom. The molecule has 56 valence electrons. The molecule has 0 aromatic heterocycles. The van der Waals surface area contributed by atoms with Crippen molar-refractivity contribution in [1.82, 2.24) is 5.32 Å². The molecule has 2 heteroatoms. The summed E-state index contributed by atoms with van der Waals surface area (Å²) in [5.41, 5.74) is 0.567. The molecule has 0 aromatic rings. The molecule has 1 N–H and O–H groups in total. The van der Waals surface area contributed by atoms with Gasteiger partial charge in [0.2, 0.25) is 5.91 Å². The van der Waals surface area contributed by atoms with E-state index in [4.69, 9.17) is 0 Å². The largest absolute Gasteiger partial charge is 0.353 e. The van der Waals surface area contributed by atoms with Crippen molar-refractivity contribution < 1.29 is 4.79 Å². The Labute approximate surface area is 61.6 Å². The lowest BCUT2D eigenvalue weighted by atomic mass is 10.2. The predicted molar refractivity (Wildman–Crippen MR) is 42.6 cm³/mol. The van der Waals surface area contributed by atoms with E-state index in [0.717, 1.165) is 0 Å². The third-order valence-corrected chi connectivity index (χ3v) is 1.05. The van der Waals surface area contributed by atoms with Crippen molar-refractivity contribution in [3.05, 3.63) is 24.8 Å². The van der Waals surface area contributed by atoms with E-state index in [0.29, 0.717) is 18.5 Å². The first-order chi connectivity index (χ1) is 4.72. The van der Waals surface area contributed by atoms with Crippen LogP contribution in [0.15, 0.2) is 24.8 Å². The van der Waals surface area contributed by atoms with Gasteiger partial charge in [0.1, 0.15) is 0 Å². The summed E-state index contributed by atoms with van der Waals surface area (Å²) in [5.74, 6) is -0.0811. The molecular formula is C8H13NO. The number of nitrogens with one attached hydrogen (secondary N) is 1. The molecule has 0 aliphatic carbocycles. The Morgan fingerprint density at radius 2 is 2.30 bits per heavy atom. The van der Waals surface area contributed by atoms with Gasteiger partial charge in [-0.1, -0.05) is 12.7 Å². The number of amides is 1. The lowest BCUT2D eigenvalue weighted by Gasteiger charge is -2.01. The van der Waals surface area contributed by atoms with Gasteiger partial charge in [-0.05, 0) is 13.3 Å². The second-order valence-corrected chi connectivity index (χ2v) is 1.96. The molecule has 0 aliphatic rings. The van der Waals surface area contributed by atoms with Gasteiger partial charge in [0.15, 0.2) is 0 Å². The molecule has 0 fully saturated rings. The molecule has 0 unspecified atom stereocenters. The highest BCUT2D eigenvalue weighted by molar-refractivity contribution is 5.92. The quantitative estimate of drug-likeness (QED) is 0.461. The van der Waals surface area contributed by atoms with Gasteiger partial charge in [-0.25, -0.2) is 0 Å². The van der Waals surface area contributed by atoms with Crippen LogP contribution >= 0.6 is 0 Å². The Kier molecular flexibility index (Phi) is 4.29. The smallest absolute Gasteiger partial charge is 0.246 e. The van der Waals surface area contributed by atoms with Gasteiger partial charge in [0.25, 0.3) is 0 Å². The summed E-state index contributed by atoms with van der Waals surface area (Å²) in [6.45, 7) is 9.60. The van der Waals surface area contributed by atoms with Gasteiger partial charge < -0.3 is 5.32 Å². The van der Waals surface area contributed by atoms with Crippen molar-refractivity contribution in [3.8, 4) is 0 Å². The lowest BCUT2D eigenvalue weighted by Crippen LogP contribution is -2.23. The van der Waals surface area contributed by atoms with E-state index in [1.54, 1.807) is 6.08 Å². The molecule has 0 heterocycles. The standard InChI is InChI=1S/C8H13NO/c1-4-6-7(3)8(10)9-5-2/h4H,1,3,5-6H2,2H3,(H,9,10). The van der Waals surface area contributed by atoms with Gasteiger partial charge in [-0.2, -0.15) is 0 Å². The van der Waals surface area contributed by atoms with E-state index >= 15 is 0 Å². The van der Waals surface area contributed by atoms with Crippen molar-refractivity contribution >= 4 is 5.91 Å². The van der Waals surface area contributed by atoms with E-state index in [2.05, 4.69) is 18.5 Å². The van der Waals surface area contributed by atoms with Crippen LogP contribution < -0.4 is 5.32 Å². The topological polar surface area (TPSA) is 29.1 Å². The van der Waals surface area contributed by atoms with Crippen LogP contribution in [-0.4, -0.2) is 12.5 Å². The fourth-order valence-electron chi connectivity index (χ4n) is 0.552. The summed E-state index contributed by atoms with van der Waals surface area (Å²) in [6.07, 6.45) is 2.23. The Hall–Kier alpha value is -1.05. The van der Waals surface area contributed by atoms with Crippen LogP contribution in [0, 0.1) is 0 Å². The number of rotatable bonds is 4. The minimum Gasteiger partial charge on any atom is -0.353 e. The van der Waals surface area contributed by atoms with Gasteiger partial charge in [0, 0.05) is 12.1 Å². The normalized spacial score (nSPS) is 8.50. The molecule has 0 saturated heterocycles. The van der Waals surface area contributed by atoms with E-state index in [1.807, 2.05) is 6.92 Å². The summed E-state index contributed by atoms with van der Waals surface area (Å²) >= 11 is 0. The zero-order chi connectivity index (χ0) is 7.98. The third kappa shape index (κ3) is 3.07. The minimum atomic E-state index is -0.0811. The number of hydrogen-bond acceptors (Lipinski definition) is 1. The number of carbonyl (C=O) groups is 1. The molecule has 0 saturated carbocycles. The van der Waals surface area contributed by atoms with Gasteiger partial charge in [-0.15, -0.1) is 6.58 Å². The Balaban J connectivity index is 3.70. The Bertz CT molecular complexity index is 149. The SMILES string of the molecule is C=CCC(=C)C(=O)NCC. The molecule has 0 aromatic carbocycles. The lowest BCUT2D eigenvalue weighted by molar-refractivity contribution is -0.117. The van der Waals surface area contributed by atoms with Crippen LogP contribution in [0.25, 0.3) is 0 Å². The number of likely N-dealkylation sites (N-methyl/N-ethyl adjacent to an activating group) is 1. The summed E-state index contributed by atoms with van der Waals surface area (Å²) in [4.78, 5) is 10.9. The summed E-state index contributed by atoms with van der Waals surface area (Å²) in [5, 5.41) is 2.64. The van der Waals surface area contributed by atoms with E-state index in [1.165, 1.54) is 0 Å². The summed E-state index contributed by atoms with van der Waals surface area (Å²) in [6, 6.07) is 0. The minimum absolute atomic E-state index is 0.0811. The van der Waals surface area contributed by atoms with Crippen molar-refractivity contribution in [2.75, 3.05) is 6.54 Å². The maximum absolute atomic E-state index is 10.9. The van der Waals surface area contributed by atoms with Crippen LogP contribution in [0.4, 0.5) is 0 Å². The van der Waals surface area contributed by atoms with Crippen LogP contribution in [-0.2, 0) is 4.79 Å². The fraction of sp³-hybridized carbons (Fsp3) is 0.375. The van der Waals surface area contributed by atoms with Crippen molar-refractivity contribution in [2.24, 2.45) is 0 Å². The first-order valence-corrected chi connectivity index (χ1v) is 3.29. The molecular weight excluding hydrogens is 126 g/mol. The zero-order valence-electron chi connectivity index (χ0n) is 6.31. The molecule has 0 spiro atoms. The monoisotopic (exact) mass is 139 g/mol. The van der Waals surface area contributed by atoms with Gasteiger partial charge in [0.05, 0.1) is 0 Å². The fourth-order valence-corrected chi connectivity index (χ4v) is 0.552. The molecule has 0 rings (SSSR count).